The van der Waals surface area contributed by atoms with Crippen LogP contribution in [0, 0.1) is 5.92 Å². The van der Waals surface area contributed by atoms with Crippen molar-refractivity contribution in [3.63, 3.8) is 0 Å². The summed E-state index contributed by atoms with van der Waals surface area (Å²) in [4.78, 5) is 2.61. The maximum Gasteiger partial charge on any atom is 0.0323 e. The van der Waals surface area contributed by atoms with E-state index in [0.29, 0.717) is 18.1 Å². The number of nitrogens with two attached hydrogens (primary N) is 1. The van der Waals surface area contributed by atoms with Crippen LogP contribution in [0.3, 0.4) is 0 Å². The summed E-state index contributed by atoms with van der Waals surface area (Å²) in [5.41, 5.74) is 7.67. The Morgan fingerprint density at radius 2 is 1.83 bits per heavy atom. The molecule has 1 aliphatic heterocycles. The Balaban J connectivity index is 0.000000810. The van der Waals surface area contributed by atoms with Gasteiger partial charge in [0, 0.05) is 24.7 Å². The predicted octanol–water partition coefficient (Wildman–Crippen LogP) is 3.01. The minimum atomic E-state index is 0. The van der Waals surface area contributed by atoms with Crippen LogP contribution in [0.25, 0.3) is 0 Å². The smallest absolute Gasteiger partial charge is 0.0323 e. The van der Waals surface area contributed by atoms with E-state index in [4.69, 9.17) is 5.73 Å². The van der Waals surface area contributed by atoms with Crippen LogP contribution in [-0.4, -0.2) is 23.5 Å². The molecule has 0 aromatic heterocycles. The monoisotopic (exact) mass is 288 g/mol. The van der Waals surface area contributed by atoms with E-state index in [1.54, 1.807) is 0 Å². The molecule has 1 saturated carbocycles. The van der Waals surface area contributed by atoms with Gasteiger partial charge in [0.05, 0.1) is 0 Å². The fraction of sp³-hybridized carbons (Fsp3) is 0.571. The third-order valence-corrected chi connectivity index (χ3v) is 4.47. The summed E-state index contributed by atoms with van der Waals surface area (Å²) in [5, 5.41) is 0. The van der Waals surface area contributed by atoms with Gasteiger partial charge in [-0.15, -0.1) is 24.8 Å². The summed E-state index contributed by atoms with van der Waals surface area (Å²) in [6.07, 6.45) is 2.63. The first-order valence-electron chi connectivity index (χ1n) is 6.33. The van der Waals surface area contributed by atoms with Crippen LogP contribution in [0.2, 0.25) is 0 Å². The quantitative estimate of drug-likeness (QED) is 0.907. The van der Waals surface area contributed by atoms with E-state index < -0.39 is 0 Å². The van der Waals surface area contributed by atoms with Crippen molar-refractivity contribution in [2.45, 2.75) is 37.9 Å². The number of hydrogen-bond donors (Lipinski definition) is 1. The lowest BCUT2D eigenvalue weighted by Gasteiger charge is -2.33. The Morgan fingerprint density at radius 3 is 2.33 bits per heavy atom. The van der Waals surface area contributed by atoms with E-state index in [1.165, 1.54) is 24.9 Å². The number of benzene rings is 1. The van der Waals surface area contributed by atoms with Gasteiger partial charge in [-0.05, 0) is 31.2 Å². The average molecular weight is 289 g/mol. The van der Waals surface area contributed by atoms with Crippen LogP contribution in [0.5, 0.6) is 0 Å². The van der Waals surface area contributed by atoms with Crippen molar-refractivity contribution in [3.05, 3.63) is 35.9 Å². The van der Waals surface area contributed by atoms with E-state index in [-0.39, 0.29) is 24.8 Å². The maximum atomic E-state index is 6.25. The standard InChI is InChI=1S/C14H20N2.2ClH/c1-10(11-5-3-2-4-6-11)16-9-12-7-8-13(16)14(12)15;;/h2-6,10,12-14H,7-9,15H2,1H3;2*1H/t10-,12+,13+,14+;;/m0../s1. The first-order valence-corrected chi connectivity index (χ1v) is 6.33. The molecule has 1 aliphatic carbocycles. The van der Waals surface area contributed by atoms with Gasteiger partial charge in [-0.25, -0.2) is 0 Å². The molecule has 2 N–H and O–H groups in total. The lowest BCUT2D eigenvalue weighted by Crippen LogP contribution is -2.38. The Hall–Kier alpha value is -0.280. The summed E-state index contributed by atoms with van der Waals surface area (Å²) in [6.45, 7) is 3.50. The van der Waals surface area contributed by atoms with Crippen molar-refractivity contribution in [2.75, 3.05) is 6.54 Å². The zero-order valence-corrected chi connectivity index (χ0v) is 12.3. The average Bonchev–Trinajstić information content (AvgIpc) is 2.85. The molecule has 1 heterocycles. The minimum Gasteiger partial charge on any atom is -0.326 e. The molecule has 2 aliphatic rings. The number of rotatable bonds is 2. The molecule has 4 heteroatoms. The Bertz CT molecular complexity index is 371. The first kappa shape index (κ1) is 15.8. The number of halogens is 2. The second-order valence-electron chi connectivity index (χ2n) is 5.27. The molecule has 3 rings (SSSR count). The molecular weight excluding hydrogens is 267 g/mol. The molecule has 1 aromatic rings. The van der Waals surface area contributed by atoms with Gasteiger partial charge >= 0.3 is 0 Å². The van der Waals surface area contributed by atoms with Gasteiger partial charge in [-0.2, -0.15) is 0 Å². The van der Waals surface area contributed by atoms with Gasteiger partial charge < -0.3 is 5.73 Å². The van der Waals surface area contributed by atoms with Crippen molar-refractivity contribution < 1.29 is 0 Å². The lowest BCUT2D eigenvalue weighted by atomic mass is 10.0. The summed E-state index contributed by atoms with van der Waals surface area (Å²) in [6, 6.07) is 12.3. The minimum absolute atomic E-state index is 0. The Morgan fingerprint density at radius 1 is 1.17 bits per heavy atom. The summed E-state index contributed by atoms with van der Waals surface area (Å²) < 4.78 is 0. The van der Waals surface area contributed by atoms with E-state index in [2.05, 4.69) is 42.2 Å². The van der Waals surface area contributed by atoms with Gasteiger partial charge in [-0.1, -0.05) is 30.3 Å². The fourth-order valence-electron chi connectivity index (χ4n) is 3.46. The van der Waals surface area contributed by atoms with Crippen LogP contribution < -0.4 is 5.73 Å². The zero-order valence-electron chi connectivity index (χ0n) is 10.7. The predicted molar refractivity (Wildman–Crippen MR) is 80.5 cm³/mol. The molecule has 2 bridgehead atoms. The van der Waals surface area contributed by atoms with E-state index in [1.807, 2.05) is 0 Å². The van der Waals surface area contributed by atoms with Gasteiger partial charge in [0.15, 0.2) is 0 Å². The summed E-state index contributed by atoms with van der Waals surface area (Å²) in [5.74, 6) is 0.746. The number of nitrogens with zero attached hydrogens (tertiary/aromatic N) is 1. The Kier molecular flexibility index (Phi) is 5.47. The van der Waals surface area contributed by atoms with Crippen LogP contribution >= 0.6 is 24.8 Å². The highest BCUT2D eigenvalue weighted by Gasteiger charge is 2.46. The van der Waals surface area contributed by atoms with Gasteiger partial charge in [0.1, 0.15) is 0 Å². The molecule has 0 radical (unpaired) electrons. The second-order valence-corrected chi connectivity index (χ2v) is 5.27. The third kappa shape index (κ3) is 2.53. The molecule has 0 amide bonds. The van der Waals surface area contributed by atoms with E-state index in [0.717, 1.165) is 5.92 Å². The highest BCUT2D eigenvalue weighted by molar-refractivity contribution is 5.85. The van der Waals surface area contributed by atoms with Crippen LogP contribution in [0.4, 0.5) is 0 Å². The summed E-state index contributed by atoms with van der Waals surface area (Å²) >= 11 is 0. The molecule has 2 nitrogen and oxygen atoms in total. The fourth-order valence-corrected chi connectivity index (χ4v) is 3.46. The maximum absolute atomic E-state index is 6.25. The lowest BCUT2D eigenvalue weighted by molar-refractivity contribution is 0.158. The highest BCUT2D eigenvalue weighted by atomic mass is 35.5. The summed E-state index contributed by atoms with van der Waals surface area (Å²) in [7, 11) is 0. The van der Waals surface area contributed by atoms with E-state index >= 15 is 0 Å². The van der Waals surface area contributed by atoms with Crippen molar-refractivity contribution in [1.29, 1.82) is 0 Å². The second kappa shape index (κ2) is 6.25. The molecule has 0 spiro atoms. The normalized spacial score (nSPS) is 31.6. The third-order valence-electron chi connectivity index (χ3n) is 4.47. The molecule has 2 fully saturated rings. The van der Waals surface area contributed by atoms with E-state index in [9.17, 15) is 0 Å². The number of fused-ring (bicyclic) bond motifs is 2. The van der Waals surface area contributed by atoms with Crippen LogP contribution in [0.15, 0.2) is 30.3 Å². The molecule has 1 aromatic carbocycles. The zero-order chi connectivity index (χ0) is 11.1. The van der Waals surface area contributed by atoms with Gasteiger partial charge in [0.25, 0.3) is 0 Å². The topological polar surface area (TPSA) is 29.3 Å². The van der Waals surface area contributed by atoms with Crippen molar-refractivity contribution in [3.8, 4) is 0 Å². The molecule has 4 atom stereocenters. The van der Waals surface area contributed by atoms with Crippen molar-refractivity contribution in [1.82, 2.24) is 4.90 Å². The number of piperidine rings is 1. The van der Waals surface area contributed by atoms with Gasteiger partial charge in [-0.3, -0.25) is 4.90 Å². The molecule has 0 unspecified atom stereocenters. The number of likely N-dealkylation sites (tertiary alicyclic amines) is 1. The molecule has 18 heavy (non-hydrogen) atoms. The SMILES string of the molecule is C[C@@H](c1ccccc1)N1C[C@H]2CC[C@@H]1[C@@H]2N.Cl.Cl. The highest BCUT2D eigenvalue weighted by Crippen LogP contribution is 2.41. The molecular formula is C14H22Cl2N2. The molecule has 102 valence electrons. The van der Waals surface area contributed by atoms with Gasteiger partial charge in [0.2, 0.25) is 0 Å². The van der Waals surface area contributed by atoms with Crippen molar-refractivity contribution in [2.24, 2.45) is 11.7 Å². The largest absolute Gasteiger partial charge is 0.326 e. The molecule has 1 saturated heterocycles. The number of hydrogen-bond acceptors (Lipinski definition) is 2. The van der Waals surface area contributed by atoms with Crippen molar-refractivity contribution >= 4 is 24.8 Å². The first-order chi connectivity index (χ1) is 7.77. The van der Waals surface area contributed by atoms with Crippen LogP contribution in [-0.2, 0) is 0 Å². The Labute approximate surface area is 122 Å². The van der Waals surface area contributed by atoms with Crippen LogP contribution in [0.1, 0.15) is 31.4 Å².